The average molecular weight is 240 g/mol. The van der Waals surface area contributed by atoms with Gasteiger partial charge < -0.3 is 10.7 Å². The largest absolute Gasteiger partial charge is 0.346 e. The van der Waals surface area contributed by atoms with Crippen LogP contribution >= 0.6 is 15.9 Å². The summed E-state index contributed by atoms with van der Waals surface area (Å²) in [4.78, 5) is 7.31. The van der Waals surface area contributed by atoms with Crippen molar-refractivity contribution in [2.24, 2.45) is 5.73 Å². The van der Waals surface area contributed by atoms with Crippen molar-refractivity contribution in [3.8, 4) is 0 Å². The van der Waals surface area contributed by atoms with Crippen molar-refractivity contribution in [1.29, 1.82) is 0 Å². The average Bonchev–Trinajstić information content (AvgIpc) is 2.46. The summed E-state index contributed by atoms with van der Waals surface area (Å²) in [6, 6.07) is 2.06. The molecule has 0 saturated heterocycles. The second-order valence-corrected chi connectivity index (χ2v) is 4.00. The number of halogens is 1. The summed E-state index contributed by atoms with van der Waals surface area (Å²) < 4.78 is 0.974. The molecule has 0 saturated carbocycles. The Bertz CT molecular complexity index is 433. The first-order valence-electron chi connectivity index (χ1n) is 4.06. The third-order valence-electron chi connectivity index (χ3n) is 2.02. The highest BCUT2D eigenvalue weighted by Crippen LogP contribution is 2.23. The molecule has 68 valence electrons. The minimum atomic E-state index is 0.0323. The van der Waals surface area contributed by atoms with E-state index in [0.717, 1.165) is 21.1 Å². The highest BCUT2D eigenvalue weighted by atomic mass is 79.9. The number of aromatic nitrogens is 2. The molecule has 13 heavy (non-hydrogen) atoms. The van der Waals surface area contributed by atoms with E-state index in [-0.39, 0.29) is 6.04 Å². The molecule has 0 aliphatic rings. The van der Waals surface area contributed by atoms with Gasteiger partial charge in [-0.25, -0.2) is 4.98 Å². The molecular formula is C9H10BrN3. The monoisotopic (exact) mass is 239 g/mol. The summed E-state index contributed by atoms with van der Waals surface area (Å²) in [7, 11) is 0. The number of nitrogens with zero attached hydrogens (tertiary/aromatic N) is 1. The molecule has 1 atom stereocenters. The van der Waals surface area contributed by atoms with Gasteiger partial charge in [0.1, 0.15) is 5.65 Å². The molecule has 2 rings (SSSR count). The van der Waals surface area contributed by atoms with Gasteiger partial charge in [0.15, 0.2) is 0 Å². The van der Waals surface area contributed by atoms with E-state index < -0.39 is 0 Å². The van der Waals surface area contributed by atoms with Gasteiger partial charge in [-0.2, -0.15) is 0 Å². The number of hydrogen-bond donors (Lipinski definition) is 2. The SMILES string of the molecule is C[C@@H](N)c1c[nH]c2ncc(Br)cc12. The van der Waals surface area contributed by atoms with Crippen LogP contribution in [0.5, 0.6) is 0 Å². The van der Waals surface area contributed by atoms with Gasteiger partial charge in [-0.15, -0.1) is 0 Å². The number of nitrogens with one attached hydrogen (secondary N) is 1. The lowest BCUT2D eigenvalue weighted by Gasteiger charge is -2.01. The fourth-order valence-corrected chi connectivity index (χ4v) is 1.71. The van der Waals surface area contributed by atoms with Gasteiger partial charge in [0, 0.05) is 28.3 Å². The van der Waals surface area contributed by atoms with E-state index in [1.165, 1.54) is 0 Å². The normalized spacial score (nSPS) is 13.5. The standard InChI is InChI=1S/C9H10BrN3/c1-5(11)8-4-13-9-7(8)2-6(10)3-12-9/h2-5H,11H2,1H3,(H,12,13)/t5-/m1/s1. The van der Waals surface area contributed by atoms with Crippen molar-refractivity contribution in [2.75, 3.05) is 0 Å². The Hall–Kier alpha value is -0.870. The number of fused-ring (bicyclic) bond motifs is 1. The van der Waals surface area contributed by atoms with Crippen molar-refractivity contribution < 1.29 is 0 Å². The van der Waals surface area contributed by atoms with Crippen LogP contribution < -0.4 is 5.73 Å². The zero-order valence-corrected chi connectivity index (χ0v) is 8.80. The van der Waals surface area contributed by atoms with Crippen LogP contribution in [0.3, 0.4) is 0 Å². The van der Waals surface area contributed by atoms with Crippen LogP contribution in [0.4, 0.5) is 0 Å². The molecule has 2 aromatic rings. The quantitative estimate of drug-likeness (QED) is 0.803. The van der Waals surface area contributed by atoms with Gasteiger partial charge in [0.05, 0.1) is 0 Å². The van der Waals surface area contributed by atoms with Crippen molar-refractivity contribution in [1.82, 2.24) is 9.97 Å². The van der Waals surface area contributed by atoms with E-state index in [9.17, 15) is 0 Å². The van der Waals surface area contributed by atoms with Gasteiger partial charge in [-0.3, -0.25) is 0 Å². The van der Waals surface area contributed by atoms with Crippen LogP contribution in [0.25, 0.3) is 11.0 Å². The second kappa shape index (κ2) is 3.12. The minimum Gasteiger partial charge on any atom is -0.346 e. The molecule has 0 spiro atoms. The van der Waals surface area contributed by atoms with E-state index >= 15 is 0 Å². The zero-order chi connectivity index (χ0) is 9.42. The Morgan fingerprint density at radius 3 is 3.08 bits per heavy atom. The molecule has 3 nitrogen and oxygen atoms in total. The van der Waals surface area contributed by atoms with Crippen molar-refractivity contribution in [2.45, 2.75) is 13.0 Å². The Morgan fingerprint density at radius 1 is 1.62 bits per heavy atom. The fourth-order valence-electron chi connectivity index (χ4n) is 1.37. The summed E-state index contributed by atoms with van der Waals surface area (Å²) in [6.45, 7) is 1.96. The first-order valence-corrected chi connectivity index (χ1v) is 4.86. The molecule has 2 aromatic heterocycles. The molecule has 0 fully saturated rings. The fraction of sp³-hybridized carbons (Fsp3) is 0.222. The number of rotatable bonds is 1. The van der Waals surface area contributed by atoms with Crippen LogP contribution in [-0.4, -0.2) is 9.97 Å². The maximum atomic E-state index is 5.81. The molecule has 3 N–H and O–H groups in total. The van der Waals surface area contributed by atoms with Crippen LogP contribution in [-0.2, 0) is 0 Å². The summed E-state index contributed by atoms with van der Waals surface area (Å²) in [5, 5.41) is 1.09. The van der Waals surface area contributed by atoms with E-state index in [0.29, 0.717) is 0 Å². The first-order chi connectivity index (χ1) is 6.18. The maximum Gasteiger partial charge on any atom is 0.137 e. The smallest absolute Gasteiger partial charge is 0.137 e. The third-order valence-corrected chi connectivity index (χ3v) is 2.45. The summed E-state index contributed by atoms with van der Waals surface area (Å²) in [5.74, 6) is 0. The molecular weight excluding hydrogens is 230 g/mol. The van der Waals surface area contributed by atoms with E-state index in [1.807, 2.05) is 19.2 Å². The Morgan fingerprint density at radius 2 is 2.38 bits per heavy atom. The number of H-pyrrole nitrogens is 1. The Balaban J connectivity index is 2.71. The lowest BCUT2D eigenvalue weighted by molar-refractivity contribution is 0.826. The lowest BCUT2D eigenvalue weighted by atomic mass is 10.1. The molecule has 0 aliphatic heterocycles. The number of aromatic amines is 1. The summed E-state index contributed by atoms with van der Waals surface area (Å²) >= 11 is 3.38. The van der Waals surface area contributed by atoms with E-state index in [4.69, 9.17) is 5.73 Å². The highest BCUT2D eigenvalue weighted by molar-refractivity contribution is 9.10. The molecule has 0 aromatic carbocycles. The Labute approximate surface area is 84.5 Å². The van der Waals surface area contributed by atoms with Gasteiger partial charge in [0.2, 0.25) is 0 Å². The van der Waals surface area contributed by atoms with Crippen LogP contribution in [0, 0.1) is 0 Å². The first kappa shape index (κ1) is 8.72. The van der Waals surface area contributed by atoms with Crippen LogP contribution in [0.2, 0.25) is 0 Å². The molecule has 0 aliphatic carbocycles. The maximum absolute atomic E-state index is 5.81. The Kier molecular flexibility index (Phi) is 2.09. The number of nitrogens with two attached hydrogens (primary N) is 1. The van der Waals surface area contributed by atoms with Crippen LogP contribution in [0.1, 0.15) is 18.5 Å². The summed E-state index contributed by atoms with van der Waals surface area (Å²) in [5.41, 5.74) is 7.80. The predicted molar refractivity (Wildman–Crippen MR) is 56.4 cm³/mol. The minimum absolute atomic E-state index is 0.0323. The number of pyridine rings is 1. The van der Waals surface area contributed by atoms with Crippen molar-refractivity contribution in [3.05, 3.63) is 28.5 Å². The zero-order valence-electron chi connectivity index (χ0n) is 7.21. The topological polar surface area (TPSA) is 54.7 Å². The highest BCUT2D eigenvalue weighted by Gasteiger charge is 2.07. The van der Waals surface area contributed by atoms with Gasteiger partial charge >= 0.3 is 0 Å². The van der Waals surface area contributed by atoms with Crippen LogP contribution in [0.15, 0.2) is 22.9 Å². The number of hydrogen-bond acceptors (Lipinski definition) is 2. The van der Waals surface area contributed by atoms with Gasteiger partial charge in [-0.05, 0) is 34.5 Å². The lowest BCUT2D eigenvalue weighted by Crippen LogP contribution is -2.03. The molecule has 0 bridgehead atoms. The van der Waals surface area contributed by atoms with Crippen molar-refractivity contribution >= 4 is 27.0 Å². The molecule has 0 unspecified atom stereocenters. The third kappa shape index (κ3) is 1.47. The summed E-state index contributed by atoms with van der Waals surface area (Å²) in [6.07, 6.45) is 3.68. The molecule has 0 radical (unpaired) electrons. The van der Waals surface area contributed by atoms with Gasteiger partial charge in [-0.1, -0.05) is 0 Å². The van der Waals surface area contributed by atoms with Crippen molar-refractivity contribution in [3.63, 3.8) is 0 Å². The molecule has 4 heteroatoms. The van der Waals surface area contributed by atoms with E-state index in [2.05, 4.69) is 25.9 Å². The molecule has 0 amide bonds. The molecule has 2 heterocycles. The van der Waals surface area contributed by atoms with Gasteiger partial charge in [0.25, 0.3) is 0 Å². The van der Waals surface area contributed by atoms with E-state index in [1.54, 1.807) is 6.20 Å². The predicted octanol–water partition coefficient (Wildman–Crippen LogP) is 2.35. The second-order valence-electron chi connectivity index (χ2n) is 3.08.